The number of aromatic nitrogens is 1. The molecule has 92 valence electrons. The van der Waals surface area contributed by atoms with Crippen LogP contribution in [0.4, 0.5) is 5.13 Å². The number of aliphatic imine (C=N–C) groups is 1. The molecule has 1 aromatic rings. The van der Waals surface area contributed by atoms with Gasteiger partial charge >= 0.3 is 5.97 Å². The minimum Gasteiger partial charge on any atom is -0.478 e. The van der Waals surface area contributed by atoms with Crippen molar-refractivity contribution in [3.05, 3.63) is 35.0 Å². The third-order valence-electron chi connectivity index (χ3n) is 2.93. The van der Waals surface area contributed by atoms with Crippen LogP contribution in [0, 0.1) is 0 Å². The van der Waals surface area contributed by atoms with Crippen LogP contribution in [0.25, 0.3) is 0 Å². The van der Waals surface area contributed by atoms with Crippen LogP contribution in [0.1, 0.15) is 12.8 Å². The van der Waals surface area contributed by atoms with E-state index < -0.39 is 5.97 Å². The lowest BCUT2D eigenvalue weighted by atomic mass is 9.97. The van der Waals surface area contributed by atoms with Gasteiger partial charge in [-0.05, 0) is 5.57 Å². The average molecular weight is 261 g/mol. The lowest BCUT2D eigenvalue weighted by Crippen LogP contribution is -2.36. The van der Waals surface area contributed by atoms with Gasteiger partial charge in [-0.3, -0.25) is 9.89 Å². The summed E-state index contributed by atoms with van der Waals surface area (Å²) in [5.74, 6) is -0.884. The summed E-state index contributed by atoms with van der Waals surface area (Å²) in [6, 6.07) is 0. The Kier molecular flexibility index (Phi) is 2.71. The molecular formula is C12H11N3O2S. The molecule has 1 unspecified atom stereocenters. The van der Waals surface area contributed by atoms with Crippen molar-refractivity contribution in [2.75, 3.05) is 4.90 Å². The Morgan fingerprint density at radius 3 is 3.17 bits per heavy atom. The number of nitrogens with zero attached hydrogens (tertiary/aromatic N) is 3. The smallest absolute Gasteiger partial charge is 0.333 e. The van der Waals surface area contributed by atoms with Gasteiger partial charge in [-0.2, -0.15) is 0 Å². The molecule has 0 fully saturated rings. The third kappa shape index (κ3) is 1.84. The molecule has 18 heavy (non-hydrogen) atoms. The number of hydrogen-bond acceptors (Lipinski definition) is 5. The quantitative estimate of drug-likeness (QED) is 0.827. The van der Waals surface area contributed by atoms with Gasteiger partial charge in [0.1, 0.15) is 6.17 Å². The Hall–Kier alpha value is -1.95. The van der Waals surface area contributed by atoms with E-state index in [1.165, 1.54) is 11.3 Å². The van der Waals surface area contributed by atoms with E-state index in [1.807, 2.05) is 22.6 Å². The fraction of sp³-hybridized carbons (Fsp3) is 0.250. The van der Waals surface area contributed by atoms with E-state index in [1.54, 1.807) is 12.4 Å². The molecule has 3 heterocycles. The zero-order chi connectivity index (χ0) is 12.5. The first-order chi connectivity index (χ1) is 8.75. The van der Waals surface area contributed by atoms with E-state index in [2.05, 4.69) is 9.98 Å². The van der Waals surface area contributed by atoms with E-state index in [-0.39, 0.29) is 6.17 Å². The van der Waals surface area contributed by atoms with Gasteiger partial charge in [0.15, 0.2) is 5.13 Å². The summed E-state index contributed by atoms with van der Waals surface area (Å²) < 4.78 is 0. The van der Waals surface area contributed by atoms with Crippen LogP contribution in [-0.2, 0) is 4.79 Å². The lowest BCUT2D eigenvalue weighted by molar-refractivity contribution is -0.132. The number of thiazole rings is 1. The fourth-order valence-corrected chi connectivity index (χ4v) is 2.76. The molecule has 0 aliphatic carbocycles. The summed E-state index contributed by atoms with van der Waals surface area (Å²) in [5, 5.41) is 11.8. The van der Waals surface area contributed by atoms with Crippen LogP contribution in [0.3, 0.4) is 0 Å². The molecule has 3 rings (SSSR count). The summed E-state index contributed by atoms with van der Waals surface area (Å²) >= 11 is 1.48. The highest BCUT2D eigenvalue weighted by atomic mass is 32.1. The maximum Gasteiger partial charge on any atom is 0.333 e. The number of carboxylic acids is 1. The van der Waals surface area contributed by atoms with Crippen LogP contribution in [0.15, 0.2) is 40.0 Å². The molecule has 2 aliphatic rings. The van der Waals surface area contributed by atoms with Gasteiger partial charge in [-0.1, -0.05) is 6.08 Å². The topological polar surface area (TPSA) is 65.8 Å². The maximum atomic E-state index is 11.2. The number of rotatable bonds is 2. The molecule has 0 bridgehead atoms. The summed E-state index contributed by atoms with van der Waals surface area (Å²) in [4.78, 5) is 21.7. The van der Waals surface area contributed by atoms with Crippen molar-refractivity contribution in [3.63, 3.8) is 0 Å². The van der Waals surface area contributed by atoms with Gasteiger partial charge < -0.3 is 5.11 Å². The monoisotopic (exact) mass is 261 g/mol. The Bertz CT molecular complexity index is 560. The van der Waals surface area contributed by atoms with Crippen LogP contribution >= 0.6 is 11.3 Å². The van der Waals surface area contributed by atoms with Gasteiger partial charge in [0.2, 0.25) is 0 Å². The first-order valence-corrected chi connectivity index (χ1v) is 6.46. The zero-order valence-corrected chi connectivity index (χ0v) is 10.3. The SMILES string of the molecule is O=C(O)C1=CN(c2nccs2)C2N=CCC=C2C1. The molecule has 0 saturated carbocycles. The number of hydrogen-bond donors (Lipinski definition) is 1. The molecule has 0 saturated heterocycles. The van der Waals surface area contributed by atoms with Gasteiger partial charge in [0.25, 0.3) is 0 Å². The summed E-state index contributed by atoms with van der Waals surface area (Å²) in [6.07, 6.45) is 8.35. The maximum absolute atomic E-state index is 11.2. The predicted molar refractivity (Wildman–Crippen MR) is 69.9 cm³/mol. The minimum absolute atomic E-state index is 0.131. The number of dihydropyridines is 1. The molecule has 1 aromatic heterocycles. The van der Waals surface area contributed by atoms with Crippen LogP contribution in [0.2, 0.25) is 0 Å². The molecule has 1 N–H and O–H groups in total. The van der Waals surface area contributed by atoms with Crippen molar-refractivity contribution < 1.29 is 9.90 Å². The number of carbonyl (C=O) groups is 1. The first kappa shape index (κ1) is 11.2. The van der Waals surface area contributed by atoms with Crippen molar-refractivity contribution in [1.29, 1.82) is 0 Å². The van der Waals surface area contributed by atoms with Gasteiger partial charge in [0, 0.05) is 36.8 Å². The number of allylic oxidation sites excluding steroid dienone is 1. The number of aliphatic carboxylic acids is 1. The summed E-state index contributed by atoms with van der Waals surface area (Å²) in [5.41, 5.74) is 1.41. The molecule has 1 atom stereocenters. The summed E-state index contributed by atoms with van der Waals surface area (Å²) in [6.45, 7) is 0. The van der Waals surface area contributed by atoms with E-state index in [0.717, 1.165) is 17.1 Å². The van der Waals surface area contributed by atoms with E-state index in [0.29, 0.717) is 12.0 Å². The number of carboxylic acid groups (broad SMARTS) is 1. The highest BCUT2D eigenvalue weighted by Gasteiger charge is 2.30. The Labute approximate surface area is 108 Å². The first-order valence-electron chi connectivity index (χ1n) is 5.58. The molecule has 2 aliphatic heterocycles. The summed E-state index contributed by atoms with van der Waals surface area (Å²) in [7, 11) is 0. The highest BCUT2D eigenvalue weighted by molar-refractivity contribution is 7.13. The molecule has 0 amide bonds. The van der Waals surface area contributed by atoms with Gasteiger partial charge in [-0.25, -0.2) is 9.78 Å². The van der Waals surface area contributed by atoms with Crippen molar-refractivity contribution in [2.24, 2.45) is 4.99 Å². The fourth-order valence-electron chi connectivity index (χ4n) is 2.12. The number of fused-ring (bicyclic) bond motifs is 1. The van der Waals surface area contributed by atoms with E-state index >= 15 is 0 Å². The average Bonchev–Trinajstić information content (AvgIpc) is 2.91. The van der Waals surface area contributed by atoms with Crippen LogP contribution in [0.5, 0.6) is 0 Å². The lowest BCUT2D eigenvalue weighted by Gasteiger charge is -2.33. The Morgan fingerprint density at radius 2 is 2.44 bits per heavy atom. The standard InChI is InChI=1S/C12H11N3O2S/c16-11(17)9-6-8-2-1-3-13-10(8)15(7-9)12-14-4-5-18-12/h2-5,7,10H,1,6H2,(H,16,17). The van der Waals surface area contributed by atoms with Gasteiger partial charge in [0.05, 0.1) is 5.57 Å². The third-order valence-corrected chi connectivity index (χ3v) is 3.72. The molecule has 0 spiro atoms. The van der Waals surface area contributed by atoms with Gasteiger partial charge in [-0.15, -0.1) is 11.3 Å². The second kappa shape index (κ2) is 4.38. The molecule has 6 heteroatoms. The van der Waals surface area contributed by atoms with E-state index in [4.69, 9.17) is 5.11 Å². The zero-order valence-electron chi connectivity index (χ0n) is 9.48. The predicted octanol–water partition coefficient (Wildman–Crippen LogP) is 2.05. The molecule has 0 aromatic carbocycles. The molecule has 5 nitrogen and oxygen atoms in total. The number of anilines is 1. The Balaban J connectivity index is 2.05. The minimum atomic E-state index is -0.884. The van der Waals surface area contributed by atoms with Crippen molar-refractivity contribution in [2.45, 2.75) is 19.0 Å². The molecule has 0 radical (unpaired) electrons. The van der Waals surface area contributed by atoms with Crippen molar-refractivity contribution in [3.8, 4) is 0 Å². The van der Waals surface area contributed by atoms with Crippen LogP contribution in [-0.4, -0.2) is 28.4 Å². The highest BCUT2D eigenvalue weighted by Crippen LogP contribution is 2.33. The normalized spacial score (nSPS) is 22.2. The molecular weight excluding hydrogens is 250 g/mol. The second-order valence-corrected chi connectivity index (χ2v) is 4.95. The second-order valence-electron chi connectivity index (χ2n) is 4.08. The van der Waals surface area contributed by atoms with Crippen molar-refractivity contribution in [1.82, 2.24) is 4.98 Å². The Morgan fingerprint density at radius 1 is 1.56 bits per heavy atom. The largest absolute Gasteiger partial charge is 0.478 e. The van der Waals surface area contributed by atoms with Crippen LogP contribution < -0.4 is 4.90 Å². The van der Waals surface area contributed by atoms with E-state index in [9.17, 15) is 4.79 Å². The van der Waals surface area contributed by atoms with Crippen molar-refractivity contribution >= 4 is 28.7 Å².